The highest BCUT2D eigenvalue weighted by molar-refractivity contribution is 5.98. The number of benzene rings is 1. The molecule has 0 bridgehead atoms. The third-order valence-corrected chi connectivity index (χ3v) is 3.33. The molecule has 0 saturated carbocycles. The van der Waals surface area contributed by atoms with E-state index in [1.165, 1.54) is 0 Å². The van der Waals surface area contributed by atoms with Gasteiger partial charge in [0.25, 0.3) is 5.91 Å². The van der Waals surface area contributed by atoms with Crippen LogP contribution in [0.25, 0.3) is 0 Å². The summed E-state index contributed by atoms with van der Waals surface area (Å²) in [5.41, 5.74) is 7.40. The summed E-state index contributed by atoms with van der Waals surface area (Å²) in [6, 6.07) is 6.69. The first-order valence-corrected chi connectivity index (χ1v) is 6.46. The second-order valence-electron chi connectivity index (χ2n) is 4.78. The van der Waals surface area contributed by atoms with Gasteiger partial charge in [0.15, 0.2) is 5.76 Å². The fourth-order valence-electron chi connectivity index (χ4n) is 2.24. The lowest BCUT2D eigenvalue weighted by Crippen LogP contribution is -2.48. The summed E-state index contributed by atoms with van der Waals surface area (Å²) >= 11 is 0. The van der Waals surface area contributed by atoms with Crippen molar-refractivity contribution in [2.75, 3.05) is 5.06 Å². The number of carbonyl (C=O) groups is 1. The molecule has 21 heavy (non-hydrogen) atoms. The van der Waals surface area contributed by atoms with Crippen LogP contribution in [0.1, 0.15) is 17.1 Å². The molecule has 1 aromatic carbocycles. The fourth-order valence-corrected chi connectivity index (χ4v) is 2.24. The van der Waals surface area contributed by atoms with Crippen molar-refractivity contribution in [2.45, 2.75) is 26.0 Å². The number of hydrogen-bond acceptors (Lipinski definition) is 6. The quantitative estimate of drug-likeness (QED) is 0.901. The normalized spacial score (nSPS) is 17.9. The van der Waals surface area contributed by atoms with Crippen LogP contribution in [-0.4, -0.2) is 11.9 Å². The molecule has 0 aliphatic carbocycles. The summed E-state index contributed by atoms with van der Waals surface area (Å²) < 4.78 is 9.58. The van der Waals surface area contributed by atoms with E-state index in [-0.39, 0.29) is 18.3 Å². The highest BCUT2D eigenvalue weighted by Gasteiger charge is 2.31. The van der Waals surface area contributed by atoms with Crippen molar-refractivity contribution >= 4 is 11.6 Å². The van der Waals surface area contributed by atoms with Gasteiger partial charge in [-0.2, -0.15) is 5.06 Å². The van der Waals surface area contributed by atoms with Gasteiger partial charge in [-0.05, 0) is 25.0 Å². The maximum absolute atomic E-state index is 12.2. The molecule has 2 N–H and O–H groups in total. The Hall–Kier alpha value is -2.38. The standard InChI is InChI=1S/C14H14N2O5/c1-8-12(21-14(18)20-8)7-19-16-11-5-3-2-4-9(11)6-10(15)13(16)17/h2-5,10H,6-7,15H2,1H3/t10-/m0/s1. The van der Waals surface area contributed by atoms with Crippen LogP contribution >= 0.6 is 0 Å². The maximum Gasteiger partial charge on any atom is 0.519 e. The number of carbonyl (C=O) groups excluding carboxylic acids is 1. The number of fused-ring (bicyclic) bond motifs is 1. The molecule has 1 aliphatic rings. The SMILES string of the molecule is Cc1oc(=O)oc1CON1C(=O)[C@@H](N)Cc2ccccc21. The van der Waals surface area contributed by atoms with Crippen molar-refractivity contribution < 1.29 is 18.5 Å². The number of hydrogen-bond donors (Lipinski definition) is 1. The molecule has 7 heteroatoms. The monoisotopic (exact) mass is 290 g/mol. The number of nitrogens with zero attached hydrogens (tertiary/aromatic N) is 1. The Morgan fingerprint density at radius 3 is 2.81 bits per heavy atom. The van der Waals surface area contributed by atoms with Gasteiger partial charge in [0, 0.05) is 0 Å². The van der Waals surface area contributed by atoms with Crippen molar-refractivity contribution in [3.63, 3.8) is 0 Å². The first-order chi connectivity index (χ1) is 10.1. The van der Waals surface area contributed by atoms with Crippen molar-refractivity contribution in [3.05, 3.63) is 52.0 Å². The van der Waals surface area contributed by atoms with Crippen molar-refractivity contribution in [1.82, 2.24) is 0 Å². The zero-order chi connectivity index (χ0) is 15.0. The van der Waals surface area contributed by atoms with E-state index in [0.29, 0.717) is 17.9 Å². The molecule has 3 rings (SSSR count). The summed E-state index contributed by atoms with van der Waals surface area (Å²) in [6.45, 7) is 1.49. The molecule has 1 aromatic heterocycles. The summed E-state index contributed by atoms with van der Waals surface area (Å²) in [5.74, 6) is -0.572. The Bertz CT molecular complexity index is 733. The lowest BCUT2D eigenvalue weighted by molar-refractivity contribution is -0.128. The van der Waals surface area contributed by atoms with Gasteiger partial charge in [0.1, 0.15) is 12.4 Å². The molecule has 0 radical (unpaired) electrons. The third-order valence-electron chi connectivity index (χ3n) is 3.33. The summed E-state index contributed by atoms with van der Waals surface area (Å²) in [6.07, 6.45) is 0.467. The number of anilines is 1. The maximum atomic E-state index is 12.2. The van der Waals surface area contributed by atoms with Crippen LogP contribution < -0.4 is 16.6 Å². The Kier molecular flexibility index (Phi) is 3.36. The largest absolute Gasteiger partial charge is 0.519 e. The minimum Gasteiger partial charge on any atom is -0.396 e. The number of para-hydroxylation sites is 1. The van der Waals surface area contributed by atoms with E-state index in [1.807, 2.05) is 18.2 Å². The zero-order valence-electron chi connectivity index (χ0n) is 11.4. The van der Waals surface area contributed by atoms with Crippen LogP contribution in [0, 0.1) is 6.92 Å². The van der Waals surface area contributed by atoms with E-state index >= 15 is 0 Å². The minimum atomic E-state index is -0.798. The predicted octanol–water partition coefficient (Wildman–Crippen LogP) is 0.889. The zero-order valence-corrected chi connectivity index (χ0v) is 11.4. The smallest absolute Gasteiger partial charge is 0.396 e. The molecule has 0 spiro atoms. The number of nitrogens with two attached hydrogens (primary N) is 1. The molecule has 110 valence electrons. The fraction of sp³-hybridized carbons (Fsp3) is 0.286. The van der Waals surface area contributed by atoms with Gasteiger partial charge in [-0.1, -0.05) is 18.2 Å². The first kappa shape index (κ1) is 13.6. The molecule has 1 amide bonds. The van der Waals surface area contributed by atoms with Crippen molar-refractivity contribution in [1.29, 1.82) is 0 Å². The Balaban J connectivity index is 1.85. The molecule has 1 aliphatic heterocycles. The van der Waals surface area contributed by atoms with E-state index < -0.39 is 11.9 Å². The average Bonchev–Trinajstić information content (AvgIpc) is 2.77. The van der Waals surface area contributed by atoms with E-state index in [1.54, 1.807) is 13.0 Å². The van der Waals surface area contributed by atoms with Gasteiger partial charge < -0.3 is 14.6 Å². The summed E-state index contributed by atoms with van der Waals surface area (Å²) in [7, 11) is 0. The van der Waals surface area contributed by atoms with E-state index in [9.17, 15) is 9.59 Å². The highest BCUT2D eigenvalue weighted by atomic mass is 16.7. The molecule has 7 nitrogen and oxygen atoms in total. The lowest BCUT2D eigenvalue weighted by atomic mass is 9.99. The van der Waals surface area contributed by atoms with Gasteiger partial charge in [0.05, 0.1) is 11.7 Å². The molecule has 2 heterocycles. The molecular weight excluding hydrogens is 276 g/mol. The van der Waals surface area contributed by atoms with Crippen LogP contribution in [-0.2, 0) is 22.7 Å². The topological polar surface area (TPSA) is 98.9 Å². The lowest BCUT2D eigenvalue weighted by Gasteiger charge is -2.31. The van der Waals surface area contributed by atoms with Crippen LogP contribution in [0.5, 0.6) is 0 Å². The second kappa shape index (κ2) is 5.19. The number of amides is 1. The van der Waals surface area contributed by atoms with Gasteiger partial charge in [-0.3, -0.25) is 9.63 Å². The number of hydroxylamine groups is 1. The molecule has 0 saturated heterocycles. The second-order valence-corrected chi connectivity index (χ2v) is 4.78. The highest BCUT2D eigenvalue weighted by Crippen LogP contribution is 2.28. The average molecular weight is 290 g/mol. The van der Waals surface area contributed by atoms with Crippen LogP contribution in [0.3, 0.4) is 0 Å². The molecule has 1 atom stereocenters. The first-order valence-electron chi connectivity index (χ1n) is 6.46. The molecular formula is C14H14N2O5. The molecule has 0 unspecified atom stereocenters. The van der Waals surface area contributed by atoms with Crippen LogP contribution in [0.15, 0.2) is 37.9 Å². The number of rotatable bonds is 3. The Morgan fingerprint density at radius 1 is 1.33 bits per heavy atom. The molecule has 0 fully saturated rings. The predicted molar refractivity (Wildman–Crippen MR) is 72.4 cm³/mol. The van der Waals surface area contributed by atoms with Gasteiger partial charge in [0.2, 0.25) is 0 Å². The summed E-state index contributed by atoms with van der Waals surface area (Å²) in [4.78, 5) is 28.6. The van der Waals surface area contributed by atoms with Crippen LogP contribution in [0.2, 0.25) is 0 Å². The van der Waals surface area contributed by atoms with Gasteiger partial charge in [-0.25, -0.2) is 4.79 Å². The van der Waals surface area contributed by atoms with Crippen molar-refractivity contribution in [3.8, 4) is 0 Å². The van der Waals surface area contributed by atoms with Crippen molar-refractivity contribution in [2.24, 2.45) is 5.73 Å². The minimum absolute atomic E-state index is 0.0929. The van der Waals surface area contributed by atoms with E-state index in [4.69, 9.17) is 19.4 Å². The van der Waals surface area contributed by atoms with E-state index in [2.05, 4.69) is 0 Å². The van der Waals surface area contributed by atoms with Gasteiger partial charge >= 0.3 is 5.82 Å². The third kappa shape index (κ3) is 2.48. The molecule has 2 aromatic rings. The summed E-state index contributed by atoms with van der Waals surface area (Å²) in [5, 5.41) is 1.15. The Morgan fingerprint density at radius 2 is 2.10 bits per heavy atom. The van der Waals surface area contributed by atoms with Crippen LogP contribution in [0.4, 0.5) is 5.69 Å². The Labute approximate surface area is 119 Å². The van der Waals surface area contributed by atoms with E-state index in [0.717, 1.165) is 10.6 Å². The number of aryl methyl sites for hydroxylation is 1. The van der Waals surface area contributed by atoms with Gasteiger partial charge in [-0.15, -0.1) is 0 Å².